The molecule has 0 bridgehead atoms. The SMILES string of the molecule is COc1ccc(C2CN(C(=O)c3ccc(NC(C)=O)c(C)c3)Cc3[nH]cnc32)cc1.O=CO. The summed E-state index contributed by atoms with van der Waals surface area (Å²) >= 11 is 0. The Kier molecular flexibility index (Phi) is 7.45. The van der Waals surface area contributed by atoms with Crippen molar-refractivity contribution in [1.29, 1.82) is 0 Å². The van der Waals surface area contributed by atoms with Crippen molar-refractivity contribution in [2.45, 2.75) is 26.3 Å². The third kappa shape index (κ3) is 5.38. The topological polar surface area (TPSA) is 125 Å². The molecular weight excluding hydrogens is 424 g/mol. The third-order valence-electron chi connectivity index (χ3n) is 5.42. The molecule has 3 N–H and O–H groups in total. The summed E-state index contributed by atoms with van der Waals surface area (Å²) in [7, 11) is 1.64. The van der Waals surface area contributed by atoms with Gasteiger partial charge in [0.25, 0.3) is 12.4 Å². The molecule has 1 aliphatic heterocycles. The van der Waals surface area contributed by atoms with Crippen molar-refractivity contribution in [3.63, 3.8) is 0 Å². The molecule has 1 unspecified atom stereocenters. The van der Waals surface area contributed by atoms with Crippen LogP contribution in [0.2, 0.25) is 0 Å². The van der Waals surface area contributed by atoms with Crippen LogP contribution in [0.3, 0.4) is 0 Å². The Hall–Kier alpha value is -4.14. The predicted octanol–water partition coefficient (Wildman–Crippen LogP) is 3.17. The molecule has 2 amide bonds. The van der Waals surface area contributed by atoms with Gasteiger partial charge in [-0.2, -0.15) is 0 Å². The Morgan fingerprint density at radius 2 is 1.94 bits per heavy atom. The fraction of sp³-hybridized carbons (Fsp3) is 0.250. The number of rotatable bonds is 4. The van der Waals surface area contributed by atoms with Crippen LogP contribution in [-0.4, -0.2) is 51.9 Å². The Bertz CT molecular complexity index is 1140. The Morgan fingerprint density at radius 1 is 1.24 bits per heavy atom. The van der Waals surface area contributed by atoms with Crippen LogP contribution in [0.5, 0.6) is 5.75 Å². The fourth-order valence-electron chi connectivity index (χ4n) is 3.88. The van der Waals surface area contributed by atoms with Gasteiger partial charge in [-0.05, 0) is 48.4 Å². The minimum atomic E-state index is -0.250. The number of carbonyl (C=O) groups is 3. The number of methoxy groups -OCH3 is 1. The molecule has 1 aliphatic rings. The summed E-state index contributed by atoms with van der Waals surface area (Å²) in [6, 6.07) is 13.2. The molecule has 1 aromatic heterocycles. The van der Waals surface area contributed by atoms with E-state index in [1.165, 1.54) is 6.92 Å². The molecule has 0 saturated carbocycles. The molecule has 2 aromatic carbocycles. The summed E-state index contributed by atoms with van der Waals surface area (Å²) in [5, 5.41) is 9.67. The van der Waals surface area contributed by atoms with Gasteiger partial charge in [-0.15, -0.1) is 0 Å². The summed E-state index contributed by atoms with van der Waals surface area (Å²) in [4.78, 5) is 42.5. The fourth-order valence-corrected chi connectivity index (χ4v) is 3.88. The van der Waals surface area contributed by atoms with Crippen molar-refractivity contribution < 1.29 is 24.2 Å². The first-order valence-electron chi connectivity index (χ1n) is 10.3. The van der Waals surface area contributed by atoms with Crippen molar-refractivity contribution in [2.24, 2.45) is 0 Å². The first kappa shape index (κ1) is 23.5. The van der Waals surface area contributed by atoms with E-state index in [2.05, 4.69) is 15.3 Å². The smallest absolute Gasteiger partial charge is 0.290 e. The number of hydrogen-bond acceptors (Lipinski definition) is 5. The van der Waals surface area contributed by atoms with Gasteiger partial charge in [0.2, 0.25) is 5.91 Å². The largest absolute Gasteiger partial charge is 0.497 e. The quantitative estimate of drug-likeness (QED) is 0.525. The lowest BCUT2D eigenvalue weighted by molar-refractivity contribution is -0.123. The number of aryl methyl sites for hydroxylation is 1. The van der Waals surface area contributed by atoms with Gasteiger partial charge in [0.15, 0.2) is 0 Å². The van der Waals surface area contributed by atoms with E-state index in [9.17, 15) is 9.59 Å². The highest BCUT2D eigenvalue weighted by molar-refractivity contribution is 5.96. The molecular formula is C24H26N4O5. The number of carbonyl (C=O) groups excluding carboxylic acids is 2. The van der Waals surface area contributed by atoms with E-state index in [1.54, 1.807) is 25.6 Å². The number of fused-ring (bicyclic) bond motifs is 1. The lowest BCUT2D eigenvalue weighted by Gasteiger charge is -2.32. The Balaban J connectivity index is 0.000000968. The maximum absolute atomic E-state index is 13.3. The van der Waals surface area contributed by atoms with Gasteiger partial charge in [-0.25, -0.2) is 4.98 Å². The molecule has 172 valence electrons. The summed E-state index contributed by atoms with van der Waals surface area (Å²) in [6.07, 6.45) is 1.68. The molecule has 9 heteroatoms. The van der Waals surface area contributed by atoms with Crippen LogP contribution in [0.4, 0.5) is 5.69 Å². The summed E-state index contributed by atoms with van der Waals surface area (Å²) in [6.45, 7) is 4.11. The number of hydrogen-bond donors (Lipinski definition) is 3. The Labute approximate surface area is 191 Å². The zero-order valence-electron chi connectivity index (χ0n) is 18.7. The average Bonchev–Trinajstić information content (AvgIpc) is 3.28. The second-order valence-corrected chi connectivity index (χ2v) is 7.59. The molecule has 4 rings (SSSR count). The van der Waals surface area contributed by atoms with Crippen LogP contribution in [0.25, 0.3) is 0 Å². The van der Waals surface area contributed by atoms with E-state index in [0.717, 1.165) is 28.3 Å². The van der Waals surface area contributed by atoms with E-state index in [1.807, 2.05) is 42.2 Å². The Morgan fingerprint density at radius 3 is 2.55 bits per heavy atom. The first-order valence-corrected chi connectivity index (χ1v) is 10.3. The van der Waals surface area contributed by atoms with Crippen LogP contribution in [0.15, 0.2) is 48.8 Å². The minimum Gasteiger partial charge on any atom is -0.497 e. The van der Waals surface area contributed by atoms with Gasteiger partial charge in [0, 0.05) is 30.6 Å². The van der Waals surface area contributed by atoms with Gasteiger partial charge in [0.05, 0.1) is 31.4 Å². The van der Waals surface area contributed by atoms with Crippen LogP contribution in [0, 0.1) is 6.92 Å². The van der Waals surface area contributed by atoms with Crippen molar-refractivity contribution in [3.05, 3.63) is 76.9 Å². The van der Waals surface area contributed by atoms with Gasteiger partial charge < -0.3 is 25.0 Å². The zero-order valence-corrected chi connectivity index (χ0v) is 18.7. The predicted molar refractivity (Wildman–Crippen MR) is 122 cm³/mol. The maximum atomic E-state index is 13.3. The number of nitrogens with zero attached hydrogens (tertiary/aromatic N) is 2. The van der Waals surface area contributed by atoms with Gasteiger partial charge >= 0.3 is 0 Å². The van der Waals surface area contributed by atoms with Crippen molar-refractivity contribution in [1.82, 2.24) is 14.9 Å². The monoisotopic (exact) mass is 450 g/mol. The van der Waals surface area contributed by atoms with E-state index < -0.39 is 0 Å². The van der Waals surface area contributed by atoms with Gasteiger partial charge in [-0.1, -0.05) is 12.1 Å². The number of amides is 2. The molecule has 0 fully saturated rings. The second kappa shape index (κ2) is 10.4. The van der Waals surface area contributed by atoms with E-state index in [0.29, 0.717) is 24.3 Å². The number of aromatic nitrogens is 2. The van der Waals surface area contributed by atoms with Gasteiger partial charge in [-0.3, -0.25) is 14.4 Å². The molecule has 0 radical (unpaired) electrons. The maximum Gasteiger partial charge on any atom is 0.290 e. The standard InChI is InChI=1S/C23H24N4O3.CH2O2/c1-14-10-17(6-9-20(14)26-15(2)28)23(29)27-11-19(22-21(12-27)24-13-25-22)16-4-7-18(30-3)8-5-16;2-1-3/h4-10,13,19H,11-12H2,1-3H3,(H,24,25)(H,26,28);1H,(H,2,3). The number of nitrogens with one attached hydrogen (secondary N) is 2. The number of benzene rings is 2. The molecule has 0 aliphatic carbocycles. The highest BCUT2D eigenvalue weighted by atomic mass is 16.5. The second-order valence-electron chi connectivity index (χ2n) is 7.59. The third-order valence-corrected chi connectivity index (χ3v) is 5.42. The lowest BCUT2D eigenvalue weighted by atomic mass is 9.90. The summed E-state index contributed by atoms with van der Waals surface area (Å²) in [5.41, 5.74) is 5.16. The normalized spacial score (nSPS) is 14.4. The van der Waals surface area contributed by atoms with Crippen LogP contribution in [0.1, 0.15) is 45.7 Å². The van der Waals surface area contributed by atoms with E-state index in [4.69, 9.17) is 14.6 Å². The van der Waals surface area contributed by atoms with Crippen LogP contribution >= 0.6 is 0 Å². The summed E-state index contributed by atoms with van der Waals surface area (Å²) < 4.78 is 5.26. The van der Waals surface area contributed by atoms with Crippen LogP contribution < -0.4 is 10.1 Å². The average molecular weight is 450 g/mol. The zero-order chi connectivity index (χ0) is 24.0. The first-order chi connectivity index (χ1) is 15.9. The lowest BCUT2D eigenvalue weighted by Crippen LogP contribution is -2.38. The van der Waals surface area contributed by atoms with E-state index >= 15 is 0 Å². The highest BCUT2D eigenvalue weighted by Crippen LogP contribution is 2.33. The van der Waals surface area contributed by atoms with Crippen molar-refractivity contribution in [3.8, 4) is 5.75 Å². The summed E-state index contributed by atoms with van der Waals surface area (Å²) in [5.74, 6) is 0.586. The van der Waals surface area contributed by atoms with Crippen LogP contribution in [-0.2, 0) is 16.1 Å². The van der Waals surface area contributed by atoms with Crippen molar-refractivity contribution in [2.75, 3.05) is 19.0 Å². The molecule has 1 atom stereocenters. The number of aromatic amines is 1. The molecule has 3 aromatic rings. The highest BCUT2D eigenvalue weighted by Gasteiger charge is 2.32. The number of ether oxygens (including phenoxy) is 1. The van der Waals surface area contributed by atoms with Gasteiger partial charge in [0.1, 0.15) is 5.75 Å². The van der Waals surface area contributed by atoms with E-state index in [-0.39, 0.29) is 24.2 Å². The molecule has 2 heterocycles. The molecule has 0 spiro atoms. The van der Waals surface area contributed by atoms with Crippen molar-refractivity contribution >= 4 is 24.0 Å². The number of imidazole rings is 1. The number of anilines is 1. The molecule has 33 heavy (non-hydrogen) atoms. The number of H-pyrrole nitrogens is 1. The molecule has 0 saturated heterocycles. The number of carboxylic acid groups (broad SMARTS) is 1. The molecule has 9 nitrogen and oxygen atoms in total. The minimum absolute atomic E-state index is 0.0189.